The van der Waals surface area contributed by atoms with Crippen LogP contribution in [0.1, 0.15) is 61.5 Å². The number of hydrogen-bond donors (Lipinski definition) is 2. The number of hydrogen-bond acceptors (Lipinski definition) is 7. The van der Waals surface area contributed by atoms with Crippen molar-refractivity contribution in [1.82, 2.24) is 15.5 Å². The average molecular weight is 527 g/mol. The minimum Gasteiger partial charge on any atom is -0.466 e. The van der Waals surface area contributed by atoms with Gasteiger partial charge in [0.25, 0.3) is 11.8 Å². The van der Waals surface area contributed by atoms with Crippen molar-refractivity contribution in [3.8, 4) is 22.8 Å². The summed E-state index contributed by atoms with van der Waals surface area (Å²) in [5.41, 5.74) is 4.38. The molecular formula is C31H34N4O4. The van der Waals surface area contributed by atoms with E-state index in [1.54, 1.807) is 19.1 Å². The lowest BCUT2D eigenvalue weighted by Gasteiger charge is -2.21. The fourth-order valence-electron chi connectivity index (χ4n) is 4.17. The second-order valence-corrected chi connectivity index (χ2v) is 9.14. The van der Waals surface area contributed by atoms with Gasteiger partial charge in [0, 0.05) is 28.9 Å². The summed E-state index contributed by atoms with van der Waals surface area (Å²) in [5, 5.41) is 10.5. The molecule has 4 aromatic rings. The van der Waals surface area contributed by atoms with E-state index < -0.39 is 0 Å². The van der Waals surface area contributed by atoms with Crippen molar-refractivity contribution in [1.29, 1.82) is 0 Å². The molecule has 0 aliphatic heterocycles. The first kappa shape index (κ1) is 27.6. The highest BCUT2D eigenvalue weighted by Gasteiger charge is 2.15. The molecule has 8 heteroatoms. The van der Waals surface area contributed by atoms with Crippen LogP contribution in [0, 0.1) is 0 Å². The molecule has 0 saturated heterocycles. The molecule has 202 valence electrons. The summed E-state index contributed by atoms with van der Waals surface area (Å²) in [4.78, 5) is 28.4. The number of anilines is 1. The van der Waals surface area contributed by atoms with E-state index in [-0.39, 0.29) is 30.9 Å². The van der Waals surface area contributed by atoms with Gasteiger partial charge in [0.05, 0.1) is 19.1 Å². The molecule has 0 spiro atoms. The van der Waals surface area contributed by atoms with Crippen molar-refractivity contribution in [2.45, 2.75) is 45.6 Å². The van der Waals surface area contributed by atoms with Gasteiger partial charge in [-0.05, 0) is 55.3 Å². The number of ether oxygens (including phenoxy) is 1. The highest BCUT2D eigenvalue weighted by Crippen LogP contribution is 2.28. The highest BCUT2D eigenvalue weighted by molar-refractivity contribution is 5.94. The first-order valence-electron chi connectivity index (χ1n) is 13.4. The Morgan fingerprint density at radius 2 is 1.67 bits per heavy atom. The van der Waals surface area contributed by atoms with Crippen molar-refractivity contribution in [2.24, 2.45) is 0 Å². The maximum atomic E-state index is 12.4. The lowest BCUT2D eigenvalue weighted by atomic mass is 9.99. The fourth-order valence-corrected chi connectivity index (χ4v) is 4.17. The van der Waals surface area contributed by atoms with Gasteiger partial charge in [-0.3, -0.25) is 9.59 Å². The molecule has 0 unspecified atom stereocenters. The molecule has 0 bridgehead atoms. The second-order valence-electron chi connectivity index (χ2n) is 9.14. The van der Waals surface area contributed by atoms with Gasteiger partial charge in [-0.2, -0.15) is 4.98 Å². The van der Waals surface area contributed by atoms with Gasteiger partial charge in [0.15, 0.2) is 0 Å². The number of nitrogens with one attached hydrogen (secondary N) is 2. The fraction of sp³-hybridized carbons (Fsp3) is 0.290. The summed E-state index contributed by atoms with van der Waals surface area (Å²) in [6.07, 6.45) is 3.28. The first-order valence-corrected chi connectivity index (χ1v) is 13.4. The van der Waals surface area contributed by atoms with E-state index in [2.05, 4.69) is 39.8 Å². The minimum atomic E-state index is -0.322. The predicted molar refractivity (Wildman–Crippen MR) is 151 cm³/mol. The zero-order valence-corrected chi connectivity index (χ0v) is 22.4. The van der Waals surface area contributed by atoms with E-state index in [1.165, 1.54) is 0 Å². The number of rotatable bonds is 13. The summed E-state index contributed by atoms with van der Waals surface area (Å²) in [6, 6.07) is 25.4. The molecule has 0 saturated carbocycles. The summed E-state index contributed by atoms with van der Waals surface area (Å²) >= 11 is 0. The van der Waals surface area contributed by atoms with Crippen LogP contribution in [0.2, 0.25) is 0 Å². The molecule has 0 aliphatic carbocycles. The second kappa shape index (κ2) is 13.9. The average Bonchev–Trinajstić information content (AvgIpc) is 3.47. The maximum absolute atomic E-state index is 12.4. The lowest BCUT2D eigenvalue weighted by molar-refractivity contribution is -0.142. The van der Waals surface area contributed by atoms with Crippen LogP contribution in [0.25, 0.3) is 22.8 Å². The highest BCUT2D eigenvalue weighted by atomic mass is 16.5. The SMILES string of the molecule is CCCC[C@H](Nc1ccc(C(=O)NCCC(=O)OCC)cc1)c1ccc(-c2nc(-c3ccccc3)no2)cc1. The van der Waals surface area contributed by atoms with Gasteiger partial charge < -0.3 is 19.9 Å². The molecule has 2 N–H and O–H groups in total. The van der Waals surface area contributed by atoms with Gasteiger partial charge in [-0.15, -0.1) is 0 Å². The Kier molecular flexibility index (Phi) is 9.83. The third kappa shape index (κ3) is 7.77. The normalized spacial score (nSPS) is 11.5. The molecule has 0 fully saturated rings. The molecule has 1 atom stereocenters. The number of benzene rings is 3. The van der Waals surface area contributed by atoms with Crippen molar-refractivity contribution in [3.05, 3.63) is 90.0 Å². The number of unbranched alkanes of at least 4 members (excludes halogenated alkanes) is 1. The lowest BCUT2D eigenvalue weighted by Crippen LogP contribution is -2.26. The summed E-state index contributed by atoms with van der Waals surface area (Å²) < 4.78 is 10.4. The molecule has 0 aliphatic rings. The van der Waals surface area contributed by atoms with Gasteiger partial charge in [-0.1, -0.05) is 67.4 Å². The Hall–Kier alpha value is -4.46. The molecule has 3 aromatic carbocycles. The largest absolute Gasteiger partial charge is 0.466 e. The Labute approximate surface area is 228 Å². The predicted octanol–water partition coefficient (Wildman–Crippen LogP) is 6.43. The van der Waals surface area contributed by atoms with E-state index in [4.69, 9.17) is 9.26 Å². The van der Waals surface area contributed by atoms with Crippen LogP contribution < -0.4 is 10.6 Å². The van der Waals surface area contributed by atoms with Gasteiger partial charge in [-0.25, -0.2) is 0 Å². The first-order chi connectivity index (χ1) is 19.1. The summed E-state index contributed by atoms with van der Waals surface area (Å²) in [6.45, 7) is 4.50. The van der Waals surface area contributed by atoms with Gasteiger partial charge >= 0.3 is 5.97 Å². The van der Waals surface area contributed by atoms with Crippen LogP contribution in [-0.2, 0) is 9.53 Å². The van der Waals surface area contributed by atoms with Crippen molar-refractivity contribution >= 4 is 17.6 Å². The Morgan fingerprint density at radius 3 is 2.36 bits per heavy atom. The molecule has 4 rings (SSSR count). The van der Waals surface area contributed by atoms with Crippen LogP contribution >= 0.6 is 0 Å². The third-order valence-electron chi connectivity index (χ3n) is 6.27. The molecule has 8 nitrogen and oxygen atoms in total. The topological polar surface area (TPSA) is 106 Å². The monoisotopic (exact) mass is 526 g/mol. The number of carbonyl (C=O) groups is 2. The van der Waals surface area contributed by atoms with E-state index in [9.17, 15) is 9.59 Å². The van der Waals surface area contributed by atoms with Crippen molar-refractivity contribution < 1.29 is 18.8 Å². The quantitative estimate of drug-likeness (QED) is 0.193. The van der Waals surface area contributed by atoms with Crippen LogP contribution in [0.4, 0.5) is 5.69 Å². The Morgan fingerprint density at radius 1 is 0.923 bits per heavy atom. The Bertz CT molecular complexity index is 1340. The zero-order chi connectivity index (χ0) is 27.5. The standard InChI is InChI=1S/C31H34N4O4/c1-3-5-11-27(33-26-18-16-24(17-19-26)30(37)32-21-20-28(36)38-4-2)22-12-14-25(15-13-22)31-34-29(35-39-31)23-9-7-6-8-10-23/h6-10,12-19,27,33H,3-5,11,20-21H2,1-2H3,(H,32,37)/t27-/m0/s1. The van der Waals surface area contributed by atoms with Crippen molar-refractivity contribution in [2.75, 3.05) is 18.5 Å². The van der Waals surface area contributed by atoms with Crippen LogP contribution in [0.15, 0.2) is 83.4 Å². The van der Waals surface area contributed by atoms with Crippen LogP contribution in [0.5, 0.6) is 0 Å². The van der Waals surface area contributed by atoms with E-state index in [1.807, 2.05) is 54.6 Å². The number of esters is 1. The number of carbonyl (C=O) groups excluding carboxylic acids is 2. The molecule has 1 heterocycles. The Balaban J connectivity index is 1.39. The van der Waals surface area contributed by atoms with E-state index in [0.717, 1.165) is 41.6 Å². The minimum absolute atomic E-state index is 0.103. The number of aromatic nitrogens is 2. The van der Waals surface area contributed by atoms with E-state index in [0.29, 0.717) is 23.9 Å². The molecule has 1 amide bonds. The molecule has 0 radical (unpaired) electrons. The summed E-state index contributed by atoms with van der Waals surface area (Å²) in [7, 11) is 0. The van der Waals surface area contributed by atoms with Crippen molar-refractivity contribution in [3.63, 3.8) is 0 Å². The number of nitrogens with zero attached hydrogens (tertiary/aromatic N) is 2. The maximum Gasteiger partial charge on any atom is 0.307 e. The van der Waals surface area contributed by atoms with Crippen LogP contribution in [0.3, 0.4) is 0 Å². The smallest absolute Gasteiger partial charge is 0.307 e. The summed E-state index contributed by atoms with van der Waals surface area (Å²) in [5.74, 6) is 0.501. The zero-order valence-electron chi connectivity index (χ0n) is 22.4. The van der Waals surface area contributed by atoms with Crippen LogP contribution in [-0.4, -0.2) is 35.2 Å². The molecular weight excluding hydrogens is 492 g/mol. The van der Waals surface area contributed by atoms with E-state index >= 15 is 0 Å². The van der Waals surface area contributed by atoms with Gasteiger partial charge in [0.1, 0.15) is 0 Å². The third-order valence-corrected chi connectivity index (χ3v) is 6.27. The molecule has 39 heavy (non-hydrogen) atoms. The number of amides is 1. The van der Waals surface area contributed by atoms with Gasteiger partial charge in [0.2, 0.25) is 5.82 Å². The molecule has 1 aromatic heterocycles.